The van der Waals surface area contributed by atoms with Crippen LogP contribution in [0.4, 0.5) is 13.2 Å². The van der Waals surface area contributed by atoms with Crippen molar-refractivity contribution < 1.29 is 27.9 Å². The highest BCUT2D eigenvalue weighted by molar-refractivity contribution is 5.94. The molecular formula is C21H22F3NO3. The molecule has 28 heavy (non-hydrogen) atoms. The summed E-state index contributed by atoms with van der Waals surface area (Å²) in [5, 5.41) is 11.8. The number of carboxylic acid groups (broad SMARTS) is 1. The van der Waals surface area contributed by atoms with E-state index in [4.69, 9.17) is 5.11 Å². The molecular weight excluding hydrogens is 371 g/mol. The van der Waals surface area contributed by atoms with E-state index in [0.29, 0.717) is 17.5 Å². The van der Waals surface area contributed by atoms with Gasteiger partial charge in [0.05, 0.1) is 0 Å². The van der Waals surface area contributed by atoms with Gasteiger partial charge in [0.1, 0.15) is 0 Å². The minimum Gasteiger partial charge on any atom is -0.481 e. The predicted octanol–water partition coefficient (Wildman–Crippen LogP) is 4.39. The number of aliphatic carboxylic acids is 1. The van der Waals surface area contributed by atoms with Gasteiger partial charge in [-0.1, -0.05) is 42.5 Å². The van der Waals surface area contributed by atoms with Crippen LogP contribution in [0.25, 0.3) is 0 Å². The van der Waals surface area contributed by atoms with Crippen LogP contribution < -0.4 is 5.32 Å². The number of hydrogen-bond donors (Lipinski definition) is 2. The molecule has 0 radical (unpaired) electrons. The molecule has 2 aromatic rings. The topological polar surface area (TPSA) is 66.4 Å². The average molecular weight is 393 g/mol. The smallest absolute Gasteiger partial charge is 0.389 e. The molecule has 2 N–H and O–H groups in total. The van der Waals surface area contributed by atoms with Crippen molar-refractivity contribution in [1.29, 1.82) is 0 Å². The van der Waals surface area contributed by atoms with Gasteiger partial charge >= 0.3 is 12.1 Å². The first-order chi connectivity index (χ1) is 13.2. The van der Waals surface area contributed by atoms with Crippen LogP contribution in [0.3, 0.4) is 0 Å². The summed E-state index contributed by atoms with van der Waals surface area (Å²) < 4.78 is 36.9. The largest absolute Gasteiger partial charge is 0.481 e. The molecule has 0 aliphatic carbocycles. The van der Waals surface area contributed by atoms with Crippen LogP contribution in [0.5, 0.6) is 0 Å². The molecule has 0 spiro atoms. The van der Waals surface area contributed by atoms with Crippen LogP contribution in [-0.4, -0.2) is 29.2 Å². The second-order valence-electron chi connectivity index (χ2n) is 6.60. The molecule has 0 saturated carbocycles. The Labute approximate surface area is 161 Å². The average Bonchev–Trinajstić information content (AvgIpc) is 2.65. The zero-order chi connectivity index (χ0) is 20.6. The van der Waals surface area contributed by atoms with Gasteiger partial charge in [-0.2, -0.15) is 13.2 Å². The quantitative estimate of drug-likeness (QED) is 0.664. The first kappa shape index (κ1) is 21.5. The number of carboxylic acids is 1. The summed E-state index contributed by atoms with van der Waals surface area (Å²) in [6.07, 6.45) is -4.57. The minimum atomic E-state index is -4.22. The van der Waals surface area contributed by atoms with Crippen molar-refractivity contribution in [2.24, 2.45) is 0 Å². The monoisotopic (exact) mass is 393 g/mol. The molecule has 2 rings (SSSR count). The lowest BCUT2D eigenvalue weighted by atomic mass is 10.0. The lowest BCUT2D eigenvalue weighted by Crippen LogP contribution is -2.36. The van der Waals surface area contributed by atoms with E-state index in [1.165, 1.54) is 24.3 Å². The fraction of sp³-hybridized carbons (Fsp3) is 0.333. The Bertz CT molecular complexity index is 774. The highest BCUT2D eigenvalue weighted by Gasteiger charge is 2.26. The molecule has 1 amide bonds. The Morgan fingerprint density at radius 3 is 2.18 bits per heavy atom. The second kappa shape index (κ2) is 9.92. The number of aryl methyl sites for hydroxylation is 1. The fourth-order valence-corrected chi connectivity index (χ4v) is 2.80. The summed E-state index contributed by atoms with van der Waals surface area (Å²) in [6.45, 7) is 0. The van der Waals surface area contributed by atoms with Gasteiger partial charge in [0.2, 0.25) is 0 Å². The van der Waals surface area contributed by atoms with Gasteiger partial charge in [0.25, 0.3) is 5.91 Å². The number of hydrogen-bond acceptors (Lipinski definition) is 2. The van der Waals surface area contributed by atoms with Crippen molar-refractivity contribution in [3.05, 3.63) is 71.3 Å². The van der Waals surface area contributed by atoms with Gasteiger partial charge < -0.3 is 10.4 Å². The summed E-state index contributed by atoms with van der Waals surface area (Å²) in [5.74, 6) is -1.32. The van der Waals surface area contributed by atoms with E-state index in [-0.39, 0.29) is 31.2 Å². The van der Waals surface area contributed by atoms with Gasteiger partial charge in [-0.3, -0.25) is 9.59 Å². The number of alkyl halides is 3. The van der Waals surface area contributed by atoms with E-state index in [2.05, 4.69) is 5.32 Å². The van der Waals surface area contributed by atoms with Crippen LogP contribution in [-0.2, 0) is 17.6 Å². The predicted molar refractivity (Wildman–Crippen MR) is 99.1 cm³/mol. The zero-order valence-electron chi connectivity index (χ0n) is 15.2. The maximum atomic E-state index is 12.5. The van der Waals surface area contributed by atoms with Crippen molar-refractivity contribution >= 4 is 11.9 Å². The molecule has 150 valence electrons. The van der Waals surface area contributed by atoms with E-state index in [1.807, 2.05) is 30.3 Å². The number of amides is 1. The molecule has 0 bridgehead atoms. The molecule has 1 atom stereocenters. The number of halogens is 3. The van der Waals surface area contributed by atoms with Crippen LogP contribution >= 0.6 is 0 Å². The van der Waals surface area contributed by atoms with Crippen LogP contribution in [0.2, 0.25) is 0 Å². The third kappa shape index (κ3) is 7.82. The fourth-order valence-electron chi connectivity index (χ4n) is 2.80. The Morgan fingerprint density at radius 2 is 1.61 bits per heavy atom. The van der Waals surface area contributed by atoms with Crippen molar-refractivity contribution in [2.45, 2.75) is 44.3 Å². The van der Waals surface area contributed by atoms with Crippen LogP contribution in [0.1, 0.15) is 40.7 Å². The molecule has 7 heteroatoms. The van der Waals surface area contributed by atoms with Crippen molar-refractivity contribution in [3.63, 3.8) is 0 Å². The first-order valence-corrected chi connectivity index (χ1v) is 8.95. The minimum absolute atomic E-state index is 0.0752. The van der Waals surface area contributed by atoms with Crippen LogP contribution in [0.15, 0.2) is 54.6 Å². The highest BCUT2D eigenvalue weighted by Crippen LogP contribution is 2.22. The molecule has 0 heterocycles. The molecule has 0 aromatic heterocycles. The molecule has 4 nitrogen and oxygen atoms in total. The maximum Gasteiger partial charge on any atom is 0.389 e. The first-order valence-electron chi connectivity index (χ1n) is 8.95. The zero-order valence-corrected chi connectivity index (χ0v) is 15.2. The van der Waals surface area contributed by atoms with Gasteiger partial charge in [0.15, 0.2) is 0 Å². The van der Waals surface area contributed by atoms with Crippen molar-refractivity contribution in [1.82, 2.24) is 5.32 Å². The number of nitrogens with one attached hydrogen (secondary N) is 1. The van der Waals surface area contributed by atoms with Crippen molar-refractivity contribution in [3.8, 4) is 0 Å². The van der Waals surface area contributed by atoms with Gasteiger partial charge in [0, 0.05) is 24.4 Å². The summed E-state index contributed by atoms with van der Waals surface area (Å²) in [6, 6.07) is 15.0. The van der Waals surface area contributed by atoms with E-state index < -0.39 is 18.6 Å². The third-order valence-electron chi connectivity index (χ3n) is 4.28. The summed E-state index contributed by atoms with van der Waals surface area (Å²) >= 11 is 0. The van der Waals surface area contributed by atoms with Crippen molar-refractivity contribution in [2.75, 3.05) is 0 Å². The molecule has 0 saturated heterocycles. The number of carbonyl (C=O) groups excluding carboxylic acids is 1. The maximum absolute atomic E-state index is 12.5. The van der Waals surface area contributed by atoms with Crippen LogP contribution in [0, 0.1) is 0 Å². The lowest BCUT2D eigenvalue weighted by molar-refractivity contribution is -0.137. The summed E-state index contributed by atoms with van der Waals surface area (Å²) in [7, 11) is 0. The van der Waals surface area contributed by atoms with Gasteiger partial charge in [-0.05, 0) is 42.5 Å². The summed E-state index contributed by atoms with van der Waals surface area (Å²) in [5.41, 5.74) is 1.80. The Hall–Kier alpha value is -2.83. The molecule has 2 aromatic carbocycles. The highest BCUT2D eigenvalue weighted by atomic mass is 19.4. The third-order valence-corrected chi connectivity index (χ3v) is 4.28. The Morgan fingerprint density at radius 1 is 0.964 bits per heavy atom. The standard InChI is InChI=1S/C21H22F3NO3/c22-21(23,24)13-12-15-6-8-17(9-7-15)20(28)25-18(10-11-19(26)27)14-16-4-2-1-3-5-16/h1-9,18H,10-14H2,(H,25,28)(H,26,27). The lowest BCUT2D eigenvalue weighted by Gasteiger charge is -2.18. The normalized spacial score (nSPS) is 12.4. The summed E-state index contributed by atoms with van der Waals surface area (Å²) in [4.78, 5) is 23.4. The molecule has 0 aliphatic rings. The van der Waals surface area contributed by atoms with E-state index in [1.54, 1.807) is 0 Å². The number of benzene rings is 2. The Balaban J connectivity index is 2.00. The second-order valence-corrected chi connectivity index (χ2v) is 6.60. The van der Waals surface area contributed by atoms with E-state index >= 15 is 0 Å². The number of rotatable bonds is 9. The van der Waals surface area contributed by atoms with E-state index in [9.17, 15) is 22.8 Å². The Kier molecular flexibility index (Phi) is 7.61. The molecule has 0 aliphatic heterocycles. The van der Waals surface area contributed by atoms with E-state index in [0.717, 1.165) is 5.56 Å². The van der Waals surface area contributed by atoms with Gasteiger partial charge in [-0.15, -0.1) is 0 Å². The number of carbonyl (C=O) groups is 2. The molecule has 1 unspecified atom stereocenters. The SMILES string of the molecule is O=C(O)CCC(Cc1ccccc1)NC(=O)c1ccc(CCC(F)(F)F)cc1. The van der Waals surface area contributed by atoms with Gasteiger partial charge in [-0.25, -0.2) is 0 Å². The molecule has 0 fully saturated rings.